The van der Waals surface area contributed by atoms with E-state index in [1.807, 2.05) is 0 Å². The molecule has 0 N–H and O–H groups in total. The molecule has 0 radical (unpaired) electrons. The van der Waals surface area contributed by atoms with Crippen LogP contribution in [0, 0.1) is 0 Å². The summed E-state index contributed by atoms with van der Waals surface area (Å²) in [5.74, 6) is -0.0991. The molecule has 15 heavy (non-hydrogen) atoms. The molecular formula is C9H13BrN2O3. The number of methoxy groups -OCH3 is 2. The van der Waals surface area contributed by atoms with Gasteiger partial charge in [0.2, 0.25) is 5.78 Å². The van der Waals surface area contributed by atoms with Crippen molar-refractivity contribution in [3.05, 3.63) is 16.4 Å². The lowest BCUT2D eigenvalue weighted by atomic mass is 10.3. The fourth-order valence-corrected chi connectivity index (χ4v) is 1.70. The van der Waals surface area contributed by atoms with Crippen LogP contribution in [-0.2, 0) is 16.0 Å². The second kappa shape index (κ2) is 5.99. The lowest BCUT2D eigenvalue weighted by Gasteiger charge is -2.06. The molecule has 6 heteroatoms. The summed E-state index contributed by atoms with van der Waals surface area (Å²) in [6.45, 7) is 1.12. The zero-order valence-corrected chi connectivity index (χ0v) is 10.3. The highest BCUT2D eigenvalue weighted by Crippen LogP contribution is 2.16. The summed E-state index contributed by atoms with van der Waals surface area (Å²) < 4.78 is 12.0. The van der Waals surface area contributed by atoms with E-state index in [0.717, 1.165) is 0 Å². The van der Waals surface area contributed by atoms with Crippen LogP contribution in [0.1, 0.15) is 10.5 Å². The molecule has 0 saturated carbocycles. The molecule has 1 rings (SSSR count). The van der Waals surface area contributed by atoms with Crippen LogP contribution in [0.15, 0.2) is 10.7 Å². The van der Waals surface area contributed by atoms with Crippen LogP contribution in [0.2, 0.25) is 0 Å². The van der Waals surface area contributed by atoms with Crippen molar-refractivity contribution in [3.8, 4) is 0 Å². The molecule has 0 amide bonds. The van der Waals surface area contributed by atoms with Crippen molar-refractivity contribution in [2.75, 3.05) is 27.4 Å². The standard InChI is InChI=1S/C9H13BrN2O3/c1-14-4-3-12-9(7(10)5-11-12)8(13)6-15-2/h5H,3-4,6H2,1-2H3. The molecular weight excluding hydrogens is 264 g/mol. The van der Waals surface area contributed by atoms with Crippen LogP contribution < -0.4 is 0 Å². The van der Waals surface area contributed by atoms with E-state index in [1.165, 1.54) is 7.11 Å². The quantitative estimate of drug-likeness (QED) is 0.731. The molecule has 0 aromatic carbocycles. The van der Waals surface area contributed by atoms with Gasteiger partial charge in [0.15, 0.2) is 0 Å². The minimum Gasteiger partial charge on any atom is -0.383 e. The first kappa shape index (κ1) is 12.4. The topological polar surface area (TPSA) is 53.4 Å². The van der Waals surface area contributed by atoms with Gasteiger partial charge >= 0.3 is 0 Å². The average Bonchev–Trinajstić information content (AvgIpc) is 2.57. The van der Waals surface area contributed by atoms with E-state index in [0.29, 0.717) is 23.3 Å². The lowest BCUT2D eigenvalue weighted by molar-refractivity contribution is 0.0833. The fraction of sp³-hybridized carbons (Fsp3) is 0.556. The molecule has 0 unspecified atom stereocenters. The molecule has 0 aliphatic carbocycles. The van der Waals surface area contributed by atoms with Crippen molar-refractivity contribution in [2.24, 2.45) is 0 Å². The van der Waals surface area contributed by atoms with Crippen LogP contribution in [0.3, 0.4) is 0 Å². The van der Waals surface area contributed by atoms with Gasteiger partial charge in [-0.05, 0) is 15.9 Å². The van der Waals surface area contributed by atoms with Gasteiger partial charge in [0.05, 0.1) is 23.8 Å². The monoisotopic (exact) mass is 276 g/mol. The Morgan fingerprint density at radius 1 is 1.53 bits per heavy atom. The highest BCUT2D eigenvalue weighted by atomic mass is 79.9. The van der Waals surface area contributed by atoms with Gasteiger partial charge in [0, 0.05) is 14.2 Å². The Labute approximate surface area is 96.5 Å². The Balaban J connectivity index is 2.83. The van der Waals surface area contributed by atoms with Crippen molar-refractivity contribution in [1.29, 1.82) is 0 Å². The summed E-state index contributed by atoms with van der Waals surface area (Å²) in [7, 11) is 3.09. The predicted octanol–water partition coefficient (Wildman–Crippen LogP) is 1.12. The maximum absolute atomic E-state index is 11.7. The number of nitrogens with zero attached hydrogens (tertiary/aromatic N) is 2. The van der Waals surface area contributed by atoms with Crippen molar-refractivity contribution in [1.82, 2.24) is 9.78 Å². The molecule has 5 nitrogen and oxygen atoms in total. The minimum atomic E-state index is -0.0991. The molecule has 0 aliphatic rings. The summed E-state index contributed by atoms with van der Waals surface area (Å²) >= 11 is 3.28. The average molecular weight is 277 g/mol. The van der Waals surface area contributed by atoms with Gasteiger partial charge in [-0.2, -0.15) is 5.10 Å². The Morgan fingerprint density at radius 2 is 2.27 bits per heavy atom. The van der Waals surface area contributed by atoms with E-state index in [-0.39, 0.29) is 12.4 Å². The smallest absolute Gasteiger partial charge is 0.207 e. The molecule has 0 atom stereocenters. The first-order valence-corrected chi connectivity index (χ1v) is 5.22. The number of halogens is 1. The van der Waals surface area contributed by atoms with Gasteiger partial charge in [-0.1, -0.05) is 0 Å². The highest BCUT2D eigenvalue weighted by molar-refractivity contribution is 9.10. The minimum absolute atomic E-state index is 0.0529. The fourth-order valence-electron chi connectivity index (χ4n) is 1.19. The summed E-state index contributed by atoms with van der Waals surface area (Å²) in [4.78, 5) is 11.7. The van der Waals surface area contributed by atoms with Gasteiger partial charge in [-0.15, -0.1) is 0 Å². The zero-order valence-electron chi connectivity index (χ0n) is 8.70. The van der Waals surface area contributed by atoms with E-state index >= 15 is 0 Å². The van der Waals surface area contributed by atoms with Gasteiger partial charge in [0.1, 0.15) is 12.3 Å². The van der Waals surface area contributed by atoms with Crippen LogP contribution in [0.5, 0.6) is 0 Å². The number of hydrogen-bond acceptors (Lipinski definition) is 4. The van der Waals surface area contributed by atoms with E-state index in [2.05, 4.69) is 21.0 Å². The molecule has 84 valence electrons. The van der Waals surface area contributed by atoms with E-state index in [4.69, 9.17) is 9.47 Å². The van der Waals surface area contributed by atoms with E-state index in [1.54, 1.807) is 18.0 Å². The predicted molar refractivity (Wildman–Crippen MR) is 58.0 cm³/mol. The lowest BCUT2D eigenvalue weighted by Crippen LogP contribution is -2.17. The van der Waals surface area contributed by atoms with Gasteiger partial charge in [-0.25, -0.2) is 0 Å². The number of carbonyl (C=O) groups excluding carboxylic acids is 1. The van der Waals surface area contributed by atoms with E-state index in [9.17, 15) is 4.79 Å². The first-order valence-electron chi connectivity index (χ1n) is 4.43. The van der Waals surface area contributed by atoms with Crippen LogP contribution in [-0.4, -0.2) is 43.0 Å². The SMILES string of the molecule is COCCn1ncc(Br)c1C(=O)COC. The molecule has 1 aromatic rings. The van der Waals surface area contributed by atoms with Crippen LogP contribution >= 0.6 is 15.9 Å². The molecule has 0 spiro atoms. The zero-order chi connectivity index (χ0) is 11.3. The number of rotatable bonds is 6. The summed E-state index contributed by atoms with van der Waals surface area (Å²) in [5.41, 5.74) is 0.522. The van der Waals surface area contributed by atoms with Crippen LogP contribution in [0.4, 0.5) is 0 Å². The van der Waals surface area contributed by atoms with Crippen molar-refractivity contribution in [3.63, 3.8) is 0 Å². The largest absolute Gasteiger partial charge is 0.383 e. The third-order valence-electron chi connectivity index (χ3n) is 1.84. The van der Waals surface area contributed by atoms with Gasteiger partial charge in [-0.3, -0.25) is 9.48 Å². The first-order chi connectivity index (χ1) is 7.20. The molecule has 0 aliphatic heterocycles. The van der Waals surface area contributed by atoms with Crippen molar-refractivity contribution >= 4 is 21.7 Å². The summed E-state index contributed by atoms with van der Waals surface area (Å²) in [6.07, 6.45) is 1.60. The number of ketones is 1. The van der Waals surface area contributed by atoms with Gasteiger partial charge in [0.25, 0.3) is 0 Å². The molecule has 1 heterocycles. The second-order valence-corrected chi connectivity index (χ2v) is 3.77. The Kier molecular flexibility index (Phi) is 4.93. The molecule has 1 aromatic heterocycles. The molecule has 0 bridgehead atoms. The third-order valence-corrected chi connectivity index (χ3v) is 2.42. The van der Waals surface area contributed by atoms with Crippen LogP contribution in [0.25, 0.3) is 0 Å². The third kappa shape index (κ3) is 3.12. The molecule has 0 saturated heterocycles. The second-order valence-electron chi connectivity index (χ2n) is 2.91. The van der Waals surface area contributed by atoms with Gasteiger partial charge < -0.3 is 9.47 Å². The molecule has 0 fully saturated rings. The summed E-state index contributed by atoms with van der Waals surface area (Å²) in [5, 5.41) is 4.07. The number of Topliss-reactive ketones (excluding diaryl/α,β-unsaturated/α-hetero) is 1. The highest BCUT2D eigenvalue weighted by Gasteiger charge is 2.16. The number of aromatic nitrogens is 2. The number of ether oxygens (including phenoxy) is 2. The Hall–Kier alpha value is -0.720. The maximum Gasteiger partial charge on any atom is 0.207 e. The Bertz CT molecular complexity index is 338. The van der Waals surface area contributed by atoms with Crippen molar-refractivity contribution in [2.45, 2.75) is 6.54 Å². The number of carbonyl (C=O) groups is 1. The number of hydrogen-bond donors (Lipinski definition) is 0. The van der Waals surface area contributed by atoms with E-state index < -0.39 is 0 Å². The maximum atomic E-state index is 11.7. The summed E-state index contributed by atoms with van der Waals surface area (Å²) in [6, 6.07) is 0. The normalized spacial score (nSPS) is 10.6. The van der Waals surface area contributed by atoms with Crippen molar-refractivity contribution < 1.29 is 14.3 Å². The Morgan fingerprint density at radius 3 is 2.87 bits per heavy atom.